The molecule has 0 aromatic heterocycles. The molecule has 0 spiro atoms. The van der Waals surface area contributed by atoms with Gasteiger partial charge in [0.05, 0.1) is 0 Å². The second kappa shape index (κ2) is 5.85. The lowest BCUT2D eigenvalue weighted by atomic mass is 9.84. The van der Waals surface area contributed by atoms with Crippen molar-refractivity contribution in [3.05, 3.63) is 0 Å². The summed E-state index contributed by atoms with van der Waals surface area (Å²) in [6, 6.07) is 0. The number of Topliss-reactive ketones (excluding diaryl/α,β-unsaturated/α-hetero) is 2. The third-order valence-electron chi connectivity index (χ3n) is 3.68. The van der Waals surface area contributed by atoms with Crippen LogP contribution < -0.4 is 0 Å². The lowest BCUT2D eigenvalue weighted by Crippen LogP contribution is -2.25. The highest BCUT2D eigenvalue weighted by Gasteiger charge is 2.27. The van der Waals surface area contributed by atoms with Crippen LogP contribution in [0.3, 0.4) is 0 Å². The lowest BCUT2D eigenvalue weighted by molar-refractivity contribution is -0.124. The molecule has 1 saturated carbocycles. The number of thioether (sulfide) groups is 1. The fourth-order valence-electron chi connectivity index (χ4n) is 2.70. The van der Waals surface area contributed by atoms with Crippen molar-refractivity contribution < 1.29 is 9.59 Å². The van der Waals surface area contributed by atoms with Crippen molar-refractivity contribution in [1.82, 2.24) is 0 Å². The average Bonchev–Trinajstić information content (AvgIpc) is 2.30. The number of carbonyl (C=O) groups is 2. The molecule has 2 aliphatic rings. The molecule has 1 heterocycles. The van der Waals surface area contributed by atoms with Crippen molar-refractivity contribution in [3.63, 3.8) is 0 Å². The van der Waals surface area contributed by atoms with Crippen LogP contribution in [-0.4, -0.2) is 22.6 Å². The summed E-state index contributed by atoms with van der Waals surface area (Å²) in [6.07, 6.45) is 7.87. The third-order valence-corrected chi connectivity index (χ3v) is 4.92. The van der Waals surface area contributed by atoms with E-state index in [0.717, 1.165) is 18.6 Å². The van der Waals surface area contributed by atoms with Crippen LogP contribution in [0.2, 0.25) is 0 Å². The van der Waals surface area contributed by atoms with Crippen LogP contribution in [0.5, 0.6) is 0 Å². The highest BCUT2D eigenvalue weighted by Crippen LogP contribution is 2.30. The Morgan fingerprint density at radius 2 is 2.00 bits per heavy atom. The van der Waals surface area contributed by atoms with E-state index in [4.69, 9.17) is 0 Å². The molecule has 2 rings (SSSR count). The zero-order chi connectivity index (χ0) is 11.4. The van der Waals surface area contributed by atoms with E-state index < -0.39 is 0 Å². The van der Waals surface area contributed by atoms with Crippen molar-refractivity contribution in [2.45, 2.75) is 56.6 Å². The molecule has 0 amide bonds. The van der Waals surface area contributed by atoms with Gasteiger partial charge in [0.25, 0.3) is 0 Å². The largest absolute Gasteiger partial charge is 0.300 e. The van der Waals surface area contributed by atoms with Gasteiger partial charge in [0.15, 0.2) is 0 Å². The van der Waals surface area contributed by atoms with Crippen LogP contribution in [0.15, 0.2) is 0 Å². The Balaban J connectivity index is 1.79. The van der Waals surface area contributed by atoms with Gasteiger partial charge in [0.2, 0.25) is 0 Å². The van der Waals surface area contributed by atoms with Crippen molar-refractivity contribution in [2.75, 3.05) is 5.75 Å². The van der Waals surface area contributed by atoms with Gasteiger partial charge in [0, 0.05) is 36.2 Å². The highest BCUT2D eigenvalue weighted by molar-refractivity contribution is 8.00. The van der Waals surface area contributed by atoms with E-state index in [1.165, 1.54) is 19.3 Å². The molecule has 0 N–H and O–H groups in total. The van der Waals surface area contributed by atoms with E-state index in [1.807, 2.05) is 11.8 Å². The van der Waals surface area contributed by atoms with Gasteiger partial charge in [0.1, 0.15) is 11.6 Å². The molecular formula is C13H20O2S. The molecule has 0 aromatic rings. The average molecular weight is 240 g/mol. The number of hydrogen-bond acceptors (Lipinski definition) is 3. The Labute approximate surface area is 102 Å². The van der Waals surface area contributed by atoms with Gasteiger partial charge in [-0.15, -0.1) is 0 Å². The smallest absolute Gasteiger partial charge is 0.137 e. The Morgan fingerprint density at radius 1 is 1.25 bits per heavy atom. The van der Waals surface area contributed by atoms with Gasteiger partial charge >= 0.3 is 0 Å². The summed E-state index contributed by atoms with van der Waals surface area (Å²) >= 11 is 1.82. The minimum Gasteiger partial charge on any atom is -0.300 e. The first-order chi connectivity index (χ1) is 7.75. The van der Waals surface area contributed by atoms with Gasteiger partial charge in [-0.3, -0.25) is 9.59 Å². The Kier molecular flexibility index (Phi) is 4.45. The van der Waals surface area contributed by atoms with E-state index in [2.05, 4.69) is 0 Å². The van der Waals surface area contributed by atoms with Crippen molar-refractivity contribution in [1.29, 1.82) is 0 Å². The summed E-state index contributed by atoms with van der Waals surface area (Å²) < 4.78 is 0. The normalized spacial score (nSPS) is 28.0. The molecule has 1 aliphatic carbocycles. The van der Waals surface area contributed by atoms with Crippen molar-refractivity contribution >= 4 is 23.3 Å². The molecule has 1 aliphatic heterocycles. The maximum absolute atomic E-state index is 12.0. The fourth-order valence-corrected chi connectivity index (χ4v) is 3.97. The van der Waals surface area contributed by atoms with Gasteiger partial charge in [-0.2, -0.15) is 11.8 Å². The van der Waals surface area contributed by atoms with Gasteiger partial charge in [-0.1, -0.05) is 19.3 Å². The Hall–Kier alpha value is -0.310. The van der Waals surface area contributed by atoms with E-state index in [0.29, 0.717) is 36.7 Å². The Bertz CT molecular complexity index is 269. The van der Waals surface area contributed by atoms with Gasteiger partial charge in [-0.05, 0) is 12.8 Å². The van der Waals surface area contributed by atoms with Crippen LogP contribution in [0.25, 0.3) is 0 Å². The molecule has 16 heavy (non-hydrogen) atoms. The number of hydrogen-bond donors (Lipinski definition) is 0. The minimum atomic E-state index is 0.288. The van der Waals surface area contributed by atoms with Crippen LogP contribution in [0.4, 0.5) is 0 Å². The molecule has 1 atom stereocenters. The first kappa shape index (κ1) is 12.2. The monoisotopic (exact) mass is 240 g/mol. The van der Waals surface area contributed by atoms with E-state index in [-0.39, 0.29) is 5.25 Å². The quantitative estimate of drug-likeness (QED) is 0.760. The summed E-state index contributed by atoms with van der Waals surface area (Å²) in [7, 11) is 0. The summed E-state index contributed by atoms with van der Waals surface area (Å²) in [5, 5.41) is 0.288. The molecule has 3 heteroatoms. The van der Waals surface area contributed by atoms with Crippen molar-refractivity contribution in [3.8, 4) is 0 Å². The van der Waals surface area contributed by atoms with E-state index in [1.54, 1.807) is 0 Å². The number of carbonyl (C=O) groups excluding carboxylic acids is 2. The number of rotatable bonds is 3. The molecule has 1 saturated heterocycles. The third kappa shape index (κ3) is 3.34. The molecule has 0 radical (unpaired) electrons. The highest BCUT2D eigenvalue weighted by atomic mass is 32.2. The van der Waals surface area contributed by atoms with E-state index >= 15 is 0 Å². The predicted molar refractivity (Wildman–Crippen MR) is 66.7 cm³/mol. The zero-order valence-electron chi connectivity index (χ0n) is 9.74. The summed E-state index contributed by atoms with van der Waals surface area (Å²) in [5.41, 5.74) is 0. The maximum atomic E-state index is 12.0. The Morgan fingerprint density at radius 3 is 2.69 bits per heavy atom. The topological polar surface area (TPSA) is 34.1 Å². The van der Waals surface area contributed by atoms with Crippen LogP contribution >= 0.6 is 11.8 Å². The van der Waals surface area contributed by atoms with Crippen LogP contribution in [0.1, 0.15) is 51.4 Å². The number of ketones is 2. The van der Waals surface area contributed by atoms with Gasteiger partial charge < -0.3 is 0 Å². The van der Waals surface area contributed by atoms with Crippen LogP contribution in [0, 0.1) is 5.92 Å². The minimum absolute atomic E-state index is 0.288. The fraction of sp³-hybridized carbons (Fsp3) is 0.846. The van der Waals surface area contributed by atoms with Gasteiger partial charge in [-0.25, -0.2) is 0 Å². The maximum Gasteiger partial charge on any atom is 0.137 e. The molecule has 2 nitrogen and oxygen atoms in total. The lowest BCUT2D eigenvalue weighted by Gasteiger charge is -2.24. The van der Waals surface area contributed by atoms with Crippen LogP contribution in [-0.2, 0) is 9.59 Å². The second-order valence-electron chi connectivity index (χ2n) is 4.99. The standard InChI is InChI=1S/C13H20O2S/c14-11-6-7-16-12(8-11)9-13(15)10-4-2-1-3-5-10/h10,12H,1-9H2. The first-order valence-corrected chi connectivity index (χ1v) is 7.46. The molecule has 0 aromatic carbocycles. The zero-order valence-corrected chi connectivity index (χ0v) is 10.6. The molecule has 0 bridgehead atoms. The molecule has 90 valence electrons. The predicted octanol–water partition coefficient (Wildman–Crippen LogP) is 2.99. The molecule has 2 fully saturated rings. The van der Waals surface area contributed by atoms with E-state index in [9.17, 15) is 9.59 Å². The summed E-state index contributed by atoms with van der Waals surface area (Å²) in [4.78, 5) is 23.4. The molecular weight excluding hydrogens is 220 g/mol. The second-order valence-corrected chi connectivity index (χ2v) is 6.40. The first-order valence-electron chi connectivity index (χ1n) is 6.41. The summed E-state index contributed by atoms with van der Waals surface area (Å²) in [5.74, 6) is 2.00. The van der Waals surface area contributed by atoms with Crippen molar-refractivity contribution in [2.24, 2.45) is 5.92 Å². The molecule has 1 unspecified atom stereocenters. The SMILES string of the molecule is O=C1CCSC(CC(=O)C2CCCCC2)C1. The summed E-state index contributed by atoms with van der Waals surface area (Å²) in [6.45, 7) is 0.